The lowest BCUT2D eigenvalue weighted by atomic mass is 9.96. The lowest BCUT2D eigenvalue weighted by molar-refractivity contribution is -0.0516. The van der Waals surface area contributed by atoms with Crippen LogP contribution in [0, 0.1) is 0 Å². The molecule has 2 heterocycles. The summed E-state index contributed by atoms with van der Waals surface area (Å²) in [6.45, 7) is 4.75. The maximum atomic E-state index is 13.5. The van der Waals surface area contributed by atoms with Crippen LogP contribution in [0.25, 0.3) is 22.2 Å². The zero-order valence-electron chi connectivity index (χ0n) is 22.1. The highest BCUT2D eigenvalue weighted by molar-refractivity contribution is 6.76. The number of aromatic nitrogens is 3. The third-order valence-corrected chi connectivity index (χ3v) is 8.60. The fourth-order valence-electron chi connectivity index (χ4n) is 4.28. The Hall–Kier alpha value is -2.76. The van der Waals surface area contributed by atoms with Crippen LogP contribution in [-0.2, 0) is 22.8 Å². The lowest BCUT2D eigenvalue weighted by Gasteiger charge is -2.25. The number of benzene rings is 1. The summed E-state index contributed by atoms with van der Waals surface area (Å²) < 4.78 is 49.8. The largest absolute Gasteiger partial charge is 0.487 e. The normalized spacial score (nSPS) is 16.3. The number of hydrogen-bond donors (Lipinski definition) is 1. The molecule has 0 atom stereocenters. The molecule has 0 amide bonds. The molecule has 0 saturated heterocycles. The minimum atomic E-state index is -2.96. The van der Waals surface area contributed by atoms with Crippen molar-refractivity contribution >= 4 is 19.0 Å². The predicted octanol–water partition coefficient (Wildman–Crippen LogP) is 5.92. The molecule has 0 spiro atoms. The van der Waals surface area contributed by atoms with Gasteiger partial charge in [-0.25, -0.2) is 4.68 Å². The van der Waals surface area contributed by atoms with Gasteiger partial charge in [0.05, 0.1) is 41.6 Å². The fourth-order valence-corrected chi connectivity index (χ4v) is 5.03. The molecule has 2 aromatic heterocycles. The summed E-state index contributed by atoms with van der Waals surface area (Å²) in [5.41, 5.74) is 2.36. The molecule has 206 valence electrons. The first kappa shape index (κ1) is 26.8. The van der Waals surface area contributed by atoms with Crippen molar-refractivity contribution in [2.75, 3.05) is 6.61 Å². The maximum absolute atomic E-state index is 13.5. The minimum Gasteiger partial charge on any atom is -0.487 e. The molecule has 0 radical (unpaired) electrons. The Morgan fingerprint density at radius 1 is 1.13 bits per heavy atom. The quantitative estimate of drug-likeness (QED) is 0.211. The number of H-pyrrole nitrogens is 1. The molecule has 1 N–H and O–H groups in total. The van der Waals surface area contributed by atoms with Crippen molar-refractivity contribution in [3.8, 4) is 22.8 Å². The molecule has 2 aliphatic carbocycles. The van der Waals surface area contributed by atoms with Gasteiger partial charge in [0.15, 0.2) is 11.5 Å². The fraction of sp³-hybridized carbons (Fsp3) is 0.556. The molecule has 2 aliphatic rings. The Balaban J connectivity index is 1.49. The van der Waals surface area contributed by atoms with Crippen LogP contribution in [0.5, 0.6) is 11.5 Å². The number of hydrogen-bond acceptors (Lipinski definition) is 6. The van der Waals surface area contributed by atoms with E-state index >= 15 is 0 Å². The van der Waals surface area contributed by atoms with E-state index in [2.05, 4.69) is 34.5 Å². The molecule has 11 heteroatoms. The van der Waals surface area contributed by atoms with Gasteiger partial charge in [0.25, 0.3) is 5.56 Å². The minimum absolute atomic E-state index is 0.00763. The van der Waals surface area contributed by atoms with Crippen LogP contribution in [0.15, 0.2) is 29.2 Å². The monoisotopic (exact) mass is 547 g/mol. The van der Waals surface area contributed by atoms with Gasteiger partial charge in [-0.3, -0.25) is 4.79 Å². The lowest BCUT2D eigenvalue weighted by Crippen LogP contribution is -2.27. The Morgan fingerprint density at radius 2 is 1.92 bits per heavy atom. The molecule has 2 saturated carbocycles. The van der Waals surface area contributed by atoms with Crippen LogP contribution in [0.1, 0.15) is 37.7 Å². The van der Waals surface area contributed by atoms with Crippen molar-refractivity contribution in [1.82, 2.24) is 14.8 Å². The molecule has 3 aromatic rings. The van der Waals surface area contributed by atoms with Crippen molar-refractivity contribution in [2.45, 2.75) is 89.9 Å². The molecule has 0 aliphatic heterocycles. The average Bonchev–Trinajstić information content (AvgIpc) is 3.55. The summed E-state index contributed by atoms with van der Waals surface area (Å²) in [7, 11) is -1.26. The van der Waals surface area contributed by atoms with Crippen LogP contribution >= 0.6 is 0 Å². The number of ether oxygens (including phenoxy) is 4. The van der Waals surface area contributed by atoms with E-state index in [1.807, 2.05) is 0 Å². The summed E-state index contributed by atoms with van der Waals surface area (Å²) in [6.07, 6.45) is 6.63. The van der Waals surface area contributed by atoms with Crippen LogP contribution in [-0.4, -0.2) is 48.3 Å². The summed E-state index contributed by atoms with van der Waals surface area (Å²) in [5.74, 6) is 0.236. The van der Waals surface area contributed by atoms with Gasteiger partial charge in [0.2, 0.25) is 0 Å². The van der Waals surface area contributed by atoms with E-state index in [1.165, 1.54) is 10.7 Å². The SMILES string of the molecule is C[Si](C)(C)CCOCn1ncc2[nH]c(-c3ccc(OC(F)F)c(OC4CC4)c3)c(COC3CCC3)c2c1=O. The first-order valence-electron chi connectivity index (χ1n) is 13.2. The predicted molar refractivity (Wildman–Crippen MR) is 143 cm³/mol. The summed E-state index contributed by atoms with van der Waals surface area (Å²) in [6, 6.07) is 5.83. The standard InChI is InChI=1S/C27H35F2N3O5Si/c1-38(2,3)12-11-34-16-32-26(33)24-20(15-35-18-5-4-6-18)25(31-21(24)14-30-32)17-7-10-22(37-27(28)29)23(13-17)36-19-8-9-19/h7,10,13-14,18-19,27,31H,4-6,8-9,11-12,15-16H2,1-3H3. The van der Waals surface area contributed by atoms with Gasteiger partial charge >= 0.3 is 6.61 Å². The molecule has 0 unspecified atom stereocenters. The Labute approximate surface area is 221 Å². The number of rotatable bonds is 13. The first-order valence-corrected chi connectivity index (χ1v) is 16.9. The van der Waals surface area contributed by atoms with Crippen LogP contribution in [0.2, 0.25) is 25.7 Å². The van der Waals surface area contributed by atoms with Crippen molar-refractivity contribution in [1.29, 1.82) is 0 Å². The summed E-state index contributed by atoms with van der Waals surface area (Å²) >= 11 is 0. The molecular weight excluding hydrogens is 512 g/mol. The highest BCUT2D eigenvalue weighted by Crippen LogP contribution is 2.39. The second kappa shape index (κ2) is 11.2. The van der Waals surface area contributed by atoms with Gasteiger partial charge in [-0.15, -0.1) is 0 Å². The smallest absolute Gasteiger partial charge is 0.387 e. The van der Waals surface area contributed by atoms with Crippen molar-refractivity contribution in [2.24, 2.45) is 0 Å². The zero-order valence-corrected chi connectivity index (χ0v) is 23.1. The van der Waals surface area contributed by atoms with E-state index < -0.39 is 14.7 Å². The molecule has 5 rings (SSSR count). The van der Waals surface area contributed by atoms with Crippen molar-refractivity contribution < 1.29 is 27.7 Å². The molecule has 0 bridgehead atoms. The van der Waals surface area contributed by atoms with Gasteiger partial charge in [-0.05, 0) is 56.3 Å². The van der Waals surface area contributed by atoms with E-state index in [9.17, 15) is 13.6 Å². The number of nitrogens with one attached hydrogen (secondary N) is 1. The average molecular weight is 548 g/mol. The van der Waals surface area contributed by atoms with E-state index in [-0.39, 0.29) is 42.6 Å². The Morgan fingerprint density at radius 3 is 2.58 bits per heavy atom. The van der Waals surface area contributed by atoms with Gasteiger partial charge in [-0.1, -0.05) is 19.6 Å². The highest BCUT2D eigenvalue weighted by Gasteiger charge is 2.27. The van der Waals surface area contributed by atoms with E-state index in [1.54, 1.807) is 18.3 Å². The van der Waals surface area contributed by atoms with E-state index in [0.717, 1.165) is 38.1 Å². The third-order valence-electron chi connectivity index (χ3n) is 6.90. The number of alkyl halides is 2. The number of aromatic amines is 1. The van der Waals surface area contributed by atoms with Gasteiger partial charge in [0.1, 0.15) is 6.73 Å². The van der Waals surface area contributed by atoms with Gasteiger partial charge < -0.3 is 23.9 Å². The number of halogens is 2. The summed E-state index contributed by atoms with van der Waals surface area (Å²) in [4.78, 5) is 16.9. The topological polar surface area (TPSA) is 87.6 Å². The second-order valence-corrected chi connectivity index (χ2v) is 16.9. The van der Waals surface area contributed by atoms with Crippen LogP contribution in [0.4, 0.5) is 8.78 Å². The van der Waals surface area contributed by atoms with Crippen LogP contribution in [0.3, 0.4) is 0 Å². The number of fused-ring (bicyclic) bond motifs is 1. The van der Waals surface area contributed by atoms with Gasteiger partial charge in [-0.2, -0.15) is 13.9 Å². The van der Waals surface area contributed by atoms with Crippen molar-refractivity contribution in [3.63, 3.8) is 0 Å². The third kappa shape index (κ3) is 6.44. The Kier molecular flexibility index (Phi) is 7.87. The molecule has 2 fully saturated rings. The molecule has 1 aromatic carbocycles. The highest BCUT2D eigenvalue weighted by atomic mass is 28.3. The first-order chi connectivity index (χ1) is 18.2. The molecule has 8 nitrogen and oxygen atoms in total. The molecule has 38 heavy (non-hydrogen) atoms. The summed E-state index contributed by atoms with van der Waals surface area (Å²) in [5, 5.41) is 4.80. The zero-order chi connectivity index (χ0) is 26.9. The Bertz CT molecular complexity index is 1330. The van der Waals surface area contributed by atoms with Gasteiger partial charge in [0, 0.05) is 25.8 Å². The van der Waals surface area contributed by atoms with Crippen molar-refractivity contribution in [3.05, 3.63) is 40.3 Å². The maximum Gasteiger partial charge on any atom is 0.387 e. The number of nitrogens with zero attached hydrogens (tertiary/aromatic N) is 2. The second-order valence-electron chi connectivity index (χ2n) is 11.3. The van der Waals surface area contributed by atoms with E-state index in [0.29, 0.717) is 34.3 Å². The van der Waals surface area contributed by atoms with E-state index in [4.69, 9.17) is 14.2 Å². The molecular formula is C27H35F2N3O5Si. The van der Waals surface area contributed by atoms with Crippen LogP contribution < -0.4 is 15.0 Å².